The van der Waals surface area contributed by atoms with Gasteiger partial charge in [-0.3, -0.25) is 14.3 Å². The van der Waals surface area contributed by atoms with Gasteiger partial charge < -0.3 is 10.4 Å². The zero-order valence-electron chi connectivity index (χ0n) is 10.5. The lowest BCUT2D eigenvalue weighted by Crippen LogP contribution is -2.47. The van der Waals surface area contributed by atoms with Gasteiger partial charge in [0, 0.05) is 19.3 Å². The van der Waals surface area contributed by atoms with E-state index in [-0.39, 0.29) is 11.9 Å². The number of carboxylic acids is 1. The van der Waals surface area contributed by atoms with E-state index in [1.807, 2.05) is 0 Å². The first kappa shape index (κ1) is 12.6. The van der Waals surface area contributed by atoms with Crippen molar-refractivity contribution < 1.29 is 14.7 Å². The molecule has 0 aliphatic heterocycles. The molecule has 1 saturated carbocycles. The van der Waals surface area contributed by atoms with E-state index in [0.717, 1.165) is 6.42 Å². The van der Waals surface area contributed by atoms with Crippen LogP contribution in [-0.4, -0.2) is 32.8 Å². The fourth-order valence-electron chi connectivity index (χ4n) is 2.48. The summed E-state index contributed by atoms with van der Waals surface area (Å²) in [6.07, 6.45) is 3.66. The van der Waals surface area contributed by atoms with Crippen LogP contribution in [0.1, 0.15) is 36.7 Å². The topological polar surface area (TPSA) is 84.2 Å². The molecule has 1 amide bonds. The molecule has 18 heavy (non-hydrogen) atoms. The molecule has 1 fully saturated rings. The minimum absolute atomic E-state index is 0.269. The van der Waals surface area contributed by atoms with Crippen LogP contribution in [-0.2, 0) is 11.8 Å². The fourth-order valence-corrected chi connectivity index (χ4v) is 2.48. The van der Waals surface area contributed by atoms with Crippen molar-refractivity contribution in [3.63, 3.8) is 0 Å². The van der Waals surface area contributed by atoms with Crippen LogP contribution in [0.5, 0.6) is 0 Å². The largest absolute Gasteiger partial charge is 0.481 e. The first-order valence-electron chi connectivity index (χ1n) is 5.97. The quantitative estimate of drug-likeness (QED) is 0.832. The summed E-state index contributed by atoms with van der Waals surface area (Å²) in [6.45, 7) is 1.69. The molecular formula is C12H17N3O3. The van der Waals surface area contributed by atoms with Crippen molar-refractivity contribution >= 4 is 11.9 Å². The first-order chi connectivity index (χ1) is 8.45. The molecular weight excluding hydrogens is 234 g/mol. The maximum Gasteiger partial charge on any atom is 0.311 e. The number of hydrogen-bond acceptors (Lipinski definition) is 3. The normalized spacial score (nSPS) is 27.1. The van der Waals surface area contributed by atoms with E-state index in [2.05, 4.69) is 10.4 Å². The van der Waals surface area contributed by atoms with Gasteiger partial charge in [-0.15, -0.1) is 0 Å². The predicted molar refractivity (Wildman–Crippen MR) is 64.1 cm³/mol. The smallest absolute Gasteiger partial charge is 0.311 e. The Bertz CT molecular complexity index is 483. The summed E-state index contributed by atoms with van der Waals surface area (Å²) >= 11 is 0. The van der Waals surface area contributed by atoms with Crippen molar-refractivity contribution in [2.45, 2.75) is 32.2 Å². The van der Waals surface area contributed by atoms with Gasteiger partial charge >= 0.3 is 5.97 Å². The molecule has 98 valence electrons. The van der Waals surface area contributed by atoms with Gasteiger partial charge in [-0.1, -0.05) is 6.42 Å². The molecule has 1 aliphatic rings. The molecule has 0 bridgehead atoms. The number of carbonyl (C=O) groups excluding carboxylic acids is 1. The van der Waals surface area contributed by atoms with Crippen molar-refractivity contribution in [1.29, 1.82) is 0 Å². The second kappa shape index (κ2) is 4.44. The molecule has 0 radical (unpaired) electrons. The predicted octanol–water partition coefficient (Wildman–Crippen LogP) is 0.793. The number of aromatic nitrogens is 2. The zero-order valence-corrected chi connectivity index (χ0v) is 10.5. The van der Waals surface area contributed by atoms with Gasteiger partial charge in [0.05, 0.1) is 5.41 Å². The van der Waals surface area contributed by atoms with E-state index >= 15 is 0 Å². The van der Waals surface area contributed by atoms with Crippen LogP contribution in [0, 0.1) is 5.41 Å². The van der Waals surface area contributed by atoms with Gasteiger partial charge in [0.1, 0.15) is 5.69 Å². The minimum Gasteiger partial charge on any atom is -0.481 e. The van der Waals surface area contributed by atoms with Crippen molar-refractivity contribution in [2.75, 3.05) is 0 Å². The van der Waals surface area contributed by atoms with Gasteiger partial charge in [-0.05, 0) is 25.8 Å². The standard InChI is InChI=1S/C12H17N3O3/c1-12(11(17)18)6-3-4-9(12)14-10(16)8-5-7-13-15(8)2/h5,7,9H,3-4,6H2,1-2H3,(H,14,16)(H,17,18). The molecule has 1 aromatic heterocycles. The molecule has 0 spiro atoms. The molecule has 2 rings (SSSR count). The number of hydrogen-bond donors (Lipinski definition) is 2. The molecule has 2 N–H and O–H groups in total. The van der Waals surface area contributed by atoms with Gasteiger partial charge in [0.25, 0.3) is 5.91 Å². The van der Waals surface area contributed by atoms with Crippen LogP contribution in [0.2, 0.25) is 0 Å². The van der Waals surface area contributed by atoms with Crippen LogP contribution in [0.4, 0.5) is 0 Å². The summed E-state index contributed by atoms with van der Waals surface area (Å²) in [5.74, 6) is -1.12. The maximum absolute atomic E-state index is 12.0. The monoisotopic (exact) mass is 251 g/mol. The molecule has 6 nitrogen and oxygen atoms in total. The molecule has 6 heteroatoms. The van der Waals surface area contributed by atoms with E-state index in [1.165, 1.54) is 4.68 Å². The number of nitrogens with zero attached hydrogens (tertiary/aromatic N) is 2. The Balaban J connectivity index is 2.13. The highest BCUT2D eigenvalue weighted by atomic mass is 16.4. The Labute approximate surface area is 105 Å². The molecule has 2 atom stereocenters. The van der Waals surface area contributed by atoms with E-state index < -0.39 is 11.4 Å². The highest BCUT2D eigenvalue weighted by molar-refractivity contribution is 5.93. The Morgan fingerprint density at radius 3 is 2.89 bits per heavy atom. The number of rotatable bonds is 3. The van der Waals surface area contributed by atoms with Gasteiger partial charge in [-0.25, -0.2) is 0 Å². The van der Waals surface area contributed by atoms with Crippen LogP contribution >= 0.6 is 0 Å². The van der Waals surface area contributed by atoms with Crippen LogP contribution in [0.3, 0.4) is 0 Å². The number of carboxylic acid groups (broad SMARTS) is 1. The Kier molecular flexibility index (Phi) is 3.11. The van der Waals surface area contributed by atoms with Crippen molar-refractivity contribution in [3.05, 3.63) is 18.0 Å². The average molecular weight is 251 g/mol. The van der Waals surface area contributed by atoms with E-state index in [4.69, 9.17) is 0 Å². The maximum atomic E-state index is 12.0. The van der Waals surface area contributed by atoms with E-state index in [1.54, 1.807) is 26.2 Å². The summed E-state index contributed by atoms with van der Waals surface area (Å²) in [4.78, 5) is 23.3. The molecule has 1 heterocycles. The first-order valence-corrected chi connectivity index (χ1v) is 5.97. The number of nitrogens with one attached hydrogen (secondary N) is 1. The third-order valence-electron chi connectivity index (χ3n) is 3.81. The summed E-state index contributed by atoms with van der Waals surface area (Å²) in [6, 6.07) is 1.29. The third-order valence-corrected chi connectivity index (χ3v) is 3.81. The van der Waals surface area contributed by atoms with Gasteiger partial charge in [0.15, 0.2) is 0 Å². The lowest BCUT2D eigenvalue weighted by molar-refractivity contribution is -0.148. The Hall–Kier alpha value is -1.85. The highest BCUT2D eigenvalue weighted by Crippen LogP contribution is 2.38. The number of amides is 1. The molecule has 0 aromatic carbocycles. The van der Waals surface area contributed by atoms with Crippen molar-refractivity contribution in [1.82, 2.24) is 15.1 Å². The SMILES string of the molecule is Cn1nccc1C(=O)NC1CCCC1(C)C(=O)O. The lowest BCUT2D eigenvalue weighted by Gasteiger charge is -2.27. The molecule has 2 unspecified atom stereocenters. The minimum atomic E-state index is -0.867. The second-order valence-electron chi connectivity index (χ2n) is 4.98. The van der Waals surface area contributed by atoms with Gasteiger partial charge in [0.2, 0.25) is 0 Å². The number of carbonyl (C=O) groups is 2. The second-order valence-corrected chi connectivity index (χ2v) is 4.98. The number of aryl methyl sites for hydroxylation is 1. The summed E-state index contributed by atoms with van der Waals surface area (Å²) in [5.41, 5.74) is -0.427. The van der Waals surface area contributed by atoms with Crippen molar-refractivity contribution in [2.24, 2.45) is 12.5 Å². The zero-order chi connectivity index (χ0) is 13.3. The van der Waals surface area contributed by atoms with Crippen LogP contribution < -0.4 is 5.32 Å². The average Bonchev–Trinajstić information content (AvgIpc) is 2.87. The molecule has 1 aliphatic carbocycles. The third kappa shape index (κ3) is 1.98. The fraction of sp³-hybridized carbons (Fsp3) is 0.583. The Morgan fingerprint density at radius 2 is 2.33 bits per heavy atom. The Morgan fingerprint density at radius 1 is 1.61 bits per heavy atom. The highest BCUT2D eigenvalue weighted by Gasteiger charge is 2.46. The summed E-state index contributed by atoms with van der Waals surface area (Å²) in [7, 11) is 1.68. The summed E-state index contributed by atoms with van der Waals surface area (Å²) in [5, 5.41) is 16.0. The van der Waals surface area contributed by atoms with E-state index in [9.17, 15) is 14.7 Å². The van der Waals surface area contributed by atoms with Crippen LogP contribution in [0.15, 0.2) is 12.3 Å². The number of aliphatic carboxylic acids is 1. The molecule has 1 aromatic rings. The van der Waals surface area contributed by atoms with Crippen molar-refractivity contribution in [3.8, 4) is 0 Å². The summed E-state index contributed by atoms with van der Waals surface area (Å²) < 4.78 is 1.47. The van der Waals surface area contributed by atoms with Gasteiger partial charge in [-0.2, -0.15) is 5.10 Å². The van der Waals surface area contributed by atoms with E-state index in [0.29, 0.717) is 18.5 Å². The lowest BCUT2D eigenvalue weighted by atomic mass is 9.85. The van der Waals surface area contributed by atoms with Crippen LogP contribution in [0.25, 0.3) is 0 Å². The molecule has 0 saturated heterocycles.